The summed E-state index contributed by atoms with van der Waals surface area (Å²) in [6.45, 7) is 6.58. The molecule has 3 aromatic rings. The number of aromatic amines is 1. The van der Waals surface area contributed by atoms with Gasteiger partial charge in [0, 0.05) is 51.3 Å². The highest BCUT2D eigenvalue weighted by Crippen LogP contribution is 2.39. The van der Waals surface area contributed by atoms with Crippen molar-refractivity contribution < 1.29 is 27.5 Å². The van der Waals surface area contributed by atoms with E-state index in [-0.39, 0.29) is 84.1 Å². The Morgan fingerprint density at radius 1 is 1.31 bits per heavy atom. The number of halogens is 4. The number of carbonyl (C=O) groups excluding carboxylic acids is 1. The number of nitrogens with zero attached hydrogens (tertiary/aromatic N) is 3. The average Bonchev–Trinajstić information content (AvgIpc) is 2.87. The molecule has 0 aliphatic carbocycles. The van der Waals surface area contributed by atoms with E-state index >= 15 is 4.39 Å². The van der Waals surface area contributed by atoms with Gasteiger partial charge in [-0.2, -0.15) is 18.2 Å². The van der Waals surface area contributed by atoms with Gasteiger partial charge >= 0.3 is 11.9 Å². The second kappa shape index (κ2) is 10.8. The number of nitrogens with one attached hydrogen (secondary N) is 2. The second-order valence-corrected chi connectivity index (χ2v) is 9.59. The van der Waals surface area contributed by atoms with Crippen LogP contribution in [0.15, 0.2) is 41.7 Å². The van der Waals surface area contributed by atoms with Crippen LogP contribution in [0, 0.1) is 6.92 Å². The van der Waals surface area contributed by atoms with Crippen LogP contribution in [-0.4, -0.2) is 50.6 Å². The van der Waals surface area contributed by atoms with Gasteiger partial charge < -0.3 is 20.3 Å². The van der Waals surface area contributed by atoms with Crippen LogP contribution in [0.1, 0.15) is 53.9 Å². The highest BCUT2D eigenvalue weighted by atomic mass is 19.4. The molecule has 39 heavy (non-hydrogen) atoms. The maximum absolute atomic E-state index is 16.2. The molecule has 1 saturated heterocycles. The Morgan fingerprint density at radius 2 is 2.00 bits per heavy atom. The summed E-state index contributed by atoms with van der Waals surface area (Å²) in [6, 6.07) is 4.36. The second-order valence-electron chi connectivity index (χ2n) is 9.59. The summed E-state index contributed by atoms with van der Waals surface area (Å²) in [7, 11) is 0. The number of hydrogen-bond acceptors (Lipinski definition) is 6. The maximum Gasteiger partial charge on any atom is 0.416 e. The van der Waals surface area contributed by atoms with Crippen LogP contribution in [-0.2, 0) is 23.1 Å². The molecule has 3 N–H and O–H groups in total. The number of likely N-dealkylation sites (tertiary alicyclic amines) is 1. The van der Waals surface area contributed by atoms with Gasteiger partial charge in [-0.3, -0.25) is 9.78 Å². The number of rotatable bonds is 7. The van der Waals surface area contributed by atoms with Crippen LogP contribution in [0.2, 0.25) is 0 Å². The number of piperidine rings is 1. The van der Waals surface area contributed by atoms with Gasteiger partial charge in [0.25, 0.3) is 0 Å². The van der Waals surface area contributed by atoms with Crippen molar-refractivity contribution in [2.24, 2.45) is 0 Å². The predicted octanol–water partition coefficient (Wildman–Crippen LogP) is 4.33. The number of alkyl halides is 4. The van der Waals surface area contributed by atoms with Crippen molar-refractivity contribution in [3.05, 3.63) is 75.5 Å². The molecule has 1 atom stereocenters. The van der Waals surface area contributed by atoms with Gasteiger partial charge in [0.1, 0.15) is 5.82 Å². The molecular formula is C27H29F4N5O3. The van der Waals surface area contributed by atoms with Crippen molar-refractivity contribution in [1.82, 2.24) is 19.9 Å². The molecule has 1 amide bonds. The van der Waals surface area contributed by atoms with Gasteiger partial charge in [-0.05, 0) is 30.2 Å². The lowest BCUT2D eigenvalue weighted by Crippen LogP contribution is -2.42. The van der Waals surface area contributed by atoms with Crippen LogP contribution >= 0.6 is 0 Å². The van der Waals surface area contributed by atoms with E-state index in [2.05, 4.69) is 26.8 Å². The summed E-state index contributed by atoms with van der Waals surface area (Å²) in [4.78, 5) is 36.8. The van der Waals surface area contributed by atoms with Gasteiger partial charge in [0.05, 0.1) is 28.5 Å². The van der Waals surface area contributed by atoms with Crippen molar-refractivity contribution in [2.75, 3.05) is 25.0 Å². The number of pyridine rings is 1. The number of aliphatic hydroxyl groups excluding tert-OH is 1. The standard InChI is InChI=1S/C27H29F4N5O3/c1-4-20(17-6-5-7-19(15(17)2)27(29,30)31)33-24-18-14-22(26(28)9-11-36(12-10-26)16(3)38)32-21(8-13-37)23(18)34-25(39)35-24/h4-7,14,20,37H,1,8-13H2,2-3H3,(H2,33,34,35,39)/t20-/m1/s1. The number of anilines is 1. The molecule has 0 unspecified atom stereocenters. The Morgan fingerprint density at radius 3 is 2.59 bits per heavy atom. The van der Waals surface area contributed by atoms with Crippen LogP contribution in [0.3, 0.4) is 0 Å². The van der Waals surface area contributed by atoms with Crippen LogP contribution in [0.25, 0.3) is 10.9 Å². The first-order valence-electron chi connectivity index (χ1n) is 12.4. The van der Waals surface area contributed by atoms with Gasteiger partial charge in [-0.15, -0.1) is 6.58 Å². The molecule has 0 bridgehead atoms. The zero-order valence-electron chi connectivity index (χ0n) is 21.5. The fraction of sp³-hybridized carbons (Fsp3) is 0.407. The number of H-pyrrole nitrogens is 1. The van der Waals surface area contributed by atoms with Gasteiger partial charge in [-0.25, -0.2) is 9.18 Å². The molecule has 12 heteroatoms. The molecule has 0 spiro atoms. The minimum absolute atomic E-state index is 0.00189. The first-order chi connectivity index (χ1) is 18.4. The van der Waals surface area contributed by atoms with Crippen LogP contribution < -0.4 is 11.0 Å². The molecule has 0 radical (unpaired) electrons. The number of benzene rings is 1. The van der Waals surface area contributed by atoms with Crippen molar-refractivity contribution >= 4 is 22.6 Å². The zero-order chi connectivity index (χ0) is 28.5. The van der Waals surface area contributed by atoms with Gasteiger partial charge in [0.2, 0.25) is 5.91 Å². The number of aromatic nitrogens is 3. The molecule has 1 aliphatic rings. The Hall–Kier alpha value is -3.80. The third kappa shape index (κ3) is 5.65. The Bertz CT molecular complexity index is 1460. The smallest absolute Gasteiger partial charge is 0.396 e. The summed E-state index contributed by atoms with van der Waals surface area (Å²) in [5, 5.41) is 12.9. The normalized spacial score (nSPS) is 16.2. The fourth-order valence-electron chi connectivity index (χ4n) is 4.99. The van der Waals surface area contributed by atoms with E-state index in [0.29, 0.717) is 0 Å². The van der Waals surface area contributed by atoms with Crippen molar-refractivity contribution in [1.29, 1.82) is 0 Å². The minimum Gasteiger partial charge on any atom is -0.396 e. The van der Waals surface area contributed by atoms with Crippen LogP contribution in [0.5, 0.6) is 0 Å². The monoisotopic (exact) mass is 547 g/mol. The lowest BCUT2D eigenvalue weighted by atomic mass is 9.88. The Balaban J connectivity index is 1.83. The largest absolute Gasteiger partial charge is 0.416 e. The SMILES string of the molecule is C=C[C@@H](Nc1nc(=O)[nH]c2c(CCO)nc(C3(F)CCN(C(C)=O)CC3)cc12)c1cccc(C(F)(F)F)c1C. The summed E-state index contributed by atoms with van der Waals surface area (Å²) < 4.78 is 56.8. The van der Waals surface area contributed by atoms with Crippen molar-refractivity contribution in [3.63, 3.8) is 0 Å². The summed E-state index contributed by atoms with van der Waals surface area (Å²) in [6.07, 6.45) is -3.16. The molecule has 1 aliphatic heterocycles. The molecule has 1 fully saturated rings. The first kappa shape index (κ1) is 28.2. The summed E-state index contributed by atoms with van der Waals surface area (Å²) >= 11 is 0. The summed E-state index contributed by atoms with van der Waals surface area (Å²) in [5.41, 5.74) is -2.65. The predicted molar refractivity (Wildman–Crippen MR) is 138 cm³/mol. The van der Waals surface area contributed by atoms with E-state index in [4.69, 9.17) is 0 Å². The highest BCUT2D eigenvalue weighted by Gasteiger charge is 2.39. The molecule has 0 saturated carbocycles. The zero-order valence-corrected chi connectivity index (χ0v) is 21.5. The number of amides is 1. The molecule has 8 nitrogen and oxygen atoms in total. The molecule has 3 heterocycles. The molecule has 208 valence electrons. The van der Waals surface area contributed by atoms with E-state index in [9.17, 15) is 27.9 Å². The van der Waals surface area contributed by atoms with E-state index < -0.39 is 29.1 Å². The van der Waals surface area contributed by atoms with Crippen molar-refractivity contribution in [2.45, 2.75) is 51.0 Å². The third-order valence-corrected chi connectivity index (χ3v) is 7.15. The summed E-state index contributed by atoms with van der Waals surface area (Å²) in [5.74, 6) is -0.152. The Kier molecular flexibility index (Phi) is 7.78. The number of hydrogen-bond donors (Lipinski definition) is 3. The maximum atomic E-state index is 16.2. The van der Waals surface area contributed by atoms with Crippen LogP contribution in [0.4, 0.5) is 23.4 Å². The number of fused-ring (bicyclic) bond motifs is 1. The lowest BCUT2D eigenvalue weighted by molar-refractivity contribution is -0.138. The van der Waals surface area contributed by atoms with Gasteiger partial charge in [0.15, 0.2) is 5.67 Å². The quantitative estimate of drug-likeness (QED) is 0.300. The Labute approximate surface area is 221 Å². The molecule has 4 rings (SSSR count). The molecule has 2 aromatic heterocycles. The lowest BCUT2D eigenvalue weighted by Gasteiger charge is -2.36. The number of carbonyl (C=O) groups is 1. The average molecular weight is 548 g/mol. The highest BCUT2D eigenvalue weighted by molar-refractivity contribution is 5.91. The fourth-order valence-corrected chi connectivity index (χ4v) is 4.99. The molecule has 1 aromatic carbocycles. The van der Waals surface area contributed by atoms with E-state index in [1.165, 1.54) is 38.1 Å². The van der Waals surface area contributed by atoms with E-state index in [1.54, 1.807) is 4.90 Å². The third-order valence-electron chi connectivity index (χ3n) is 7.15. The molecular weight excluding hydrogens is 518 g/mol. The van der Waals surface area contributed by atoms with Crippen molar-refractivity contribution in [3.8, 4) is 0 Å². The van der Waals surface area contributed by atoms with Gasteiger partial charge in [-0.1, -0.05) is 18.2 Å². The first-order valence-corrected chi connectivity index (χ1v) is 12.4. The van der Waals surface area contributed by atoms with E-state index in [0.717, 1.165) is 6.07 Å². The number of aliphatic hydroxyl groups is 1. The minimum atomic E-state index is -4.56. The topological polar surface area (TPSA) is 111 Å². The van der Waals surface area contributed by atoms with E-state index in [1.807, 2.05) is 0 Å².